The summed E-state index contributed by atoms with van der Waals surface area (Å²) in [7, 11) is 0. The number of nitrogens with zero attached hydrogens (tertiary/aromatic N) is 5. The van der Waals surface area contributed by atoms with Gasteiger partial charge in [0.05, 0.1) is 0 Å². The third kappa shape index (κ3) is 1.63. The number of pyridine rings is 1. The molecule has 0 bridgehead atoms. The molecule has 92 valence electrons. The molecule has 5 nitrogen and oxygen atoms in total. The highest BCUT2D eigenvalue weighted by Gasteiger charge is 2.29. The Balaban J connectivity index is 1.92. The van der Waals surface area contributed by atoms with E-state index < -0.39 is 0 Å². The van der Waals surface area contributed by atoms with Gasteiger partial charge in [0.25, 0.3) is 0 Å². The highest BCUT2D eigenvalue weighted by Crippen LogP contribution is 2.42. The maximum absolute atomic E-state index is 9.36. The average Bonchev–Trinajstić information content (AvgIpc) is 3.12. The Morgan fingerprint density at radius 3 is 3.00 bits per heavy atom. The lowest BCUT2D eigenvalue weighted by Crippen LogP contribution is -1.92. The van der Waals surface area contributed by atoms with Gasteiger partial charge in [0.2, 0.25) is 4.96 Å². The molecule has 0 unspecified atom stereocenters. The fourth-order valence-corrected chi connectivity index (χ4v) is 3.13. The third-order valence-electron chi connectivity index (χ3n) is 3.19. The predicted octanol–water partition coefficient (Wildman–Crippen LogP) is 2.60. The van der Waals surface area contributed by atoms with E-state index in [9.17, 15) is 5.26 Å². The Labute approximate surface area is 113 Å². The first-order valence-electron chi connectivity index (χ1n) is 6.07. The fraction of sp³-hybridized carbons (Fsp3) is 0.231. The molecule has 0 N–H and O–H groups in total. The number of aromatic nitrogens is 4. The highest BCUT2D eigenvalue weighted by molar-refractivity contribution is 7.16. The fourth-order valence-electron chi connectivity index (χ4n) is 2.06. The van der Waals surface area contributed by atoms with Crippen LogP contribution in [0.15, 0.2) is 24.5 Å². The summed E-state index contributed by atoms with van der Waals surface area (Å²) in [6.45, 7) is 0. The van der Waals surface area contributed by atoms with E-state index in [1.54, 1.807) is 28.2 Å². The zero-order chi connectivity index (χ0) is 12.8. The van der Waals surface area contributed by atoms with Crippen LogP contribution in [0.2, 0.25) is 0 Å². The third-order valence-corrected chi connectivity index (χ3v) is 4.26. The van der Waals surface area contributed by atoms with Gasteiger partial charge in [0, 0.05) is 23.9 Å². The van der Waals surface area contributed by atoms with Crippen LogP contribution in [0.1, 0.15) is 29.5 Å². The molecular weight excluding hydrogens is 258 g/mol. The number of imidazole rings is 1. The molecule has 0 amide bonds. The van der Waals surface area contributed by atoms with Gasteiger partial charge in [-0.2, -0.15) is 14.9 Å². The first-order valence-corrected chi connectivity index (χ1v) is 6.88. The Kier molecular flexibility index (Phi) is 2.17. The highest BCUT2D eigenvalue weighted by atomic mass is 32.1. The Hall–Kier alpha value is -2.26. The molecule has 3 aromatic rings. The largest absolute Gasteiger partial charge is 0.264 e. The predicted molar refractivity (Wildman–Crippen MR) is 70.8 cm³/mol. The topological polar surface area (TPSA) is 66.9 Å². The summed E-state index contributed by atoms with van der Waals surface area (Å²) in [4.78, 5) is 9.40. The van der Waals surface area contributed by atoms with E-state index in [1.807, 2.05) is 12.1 Å². The summed E-state index contributed by atoms with van der Waals surface area (Å²) < 4.78 is 1.67. The van der Waals surface area contributed by atoms with Crippen molar-refractivity contribution >= 4 is 16.3 Å². The lowest BCUT2D eigenvalue weighted by Gasteiger charge is -1.95. The van der Waals surface area contributed by atoms with Crippen molar-refractivity contribution in [3.8, 4) is 17.3 Å². The van der Waals surface area contributed by atoms with Gasteiger partial charge in [0.15, 0.2) is 5.69 Å². The minimum Gasteiger partial charge on any atom is -0.264 e. The molecule has 1 aliphatic carbocycles. The summed E-state index contributed by atoms with van der Waals surface area (Å²) in [5.41, 5.74) is 2.01. The van der Waals surface area contributed by atoms with Crippen LogP contribution in [0.4, 0.5) is 0 Å². The maximum Gasteiger partial charge on any atom is 0.214 e. The number of fused-ring (bicyclic) bond motifs is 1. The van der Waals surface area contributed by atoms with Crippen LogP contribution in [0.5, 0.6) is 0 Å². The average molecular weight is 267 g/mol. The summed E-state index contributed by atoms with van der Waals surface area (Å²) >= 11 is 1.58. The standard InChI is InChI=1S/C13H9N5S/c14-6-10-11(9-2-1-5-15-7-9)16-13-18(10)17-12(19-13)8-3-4-8/h1-2,5,7-8H,3-4H2. The lowest BCUT2D eigenvalue weighted by molar-refractivity contribution is 0.893. The minimum atomic E-state index is 0.492. The monoisotopic (exact) mass is 267 g/mol. The van der Waals surface area contributed by atoms with Crippen molar-refractivity contribution in [1.82, 2.24) is 19.6 Å². The van der Waals surface area contributed by atoms with Gasteiger partial charge in [-0.25, -0.2) is 4.98 Å². The minimum absolute atomic E-state index is 0.492. The Morgan fingerprint density at radius 1 is 1.42 bits per heavy atom. The van der Waals surface area contributed by atoms with E-state index in [0.29, 0.717) is 17.3 Å². The van der Waals surface area contributed by atoms with E-state index in [4.69, 9.17) is 0 Å². The van der Waals surface area contributed by atoms with Gasteiger partial charge in [-0.1, -0.05) is 11.3 Å². The van der Waals surface area contributed by atoms with Crippen LogP contribution < -0.4 is 0 Å². The molecule has 6 heteroatoms. The molecular formula is C13H9N5S. The van der Waals surface area contributed by atoms with E-state index in [-0.39, 0.29) is 0 Å². The Bertz CT molecular complexity index is 792. The van der Waals surface area contributed by atoms with Crippen molar-refractivity contribution in [2.45, 2.75) is 18.8 Å². The quantitative estimate of drug-likeness (QED) is 0.715. The molecule has 3 heterocycles. The van der Waals surface area contributed by atoms with Crippen LogP contribution in [0.3, 0.4) is 0 Å². The number of hydrogen-bond acceptors (Lipinski definition) is 5. The van der Waals surface area contributed by atoms with Crippen molar-refractivity contribution < 1.29 is 0 Å². The van der Waals surface area contributed by atoms with Crippen molar-refractivity contribution in [2.24, 2.45) is 0 Å². The van der Waals surface area contributed by atoms with Gasteiger partial charge in [-0.15, -0.1) is 0 Å². The first kappa shape index (κ1) is 10.6. The molecule has 0 atom stereocenters. The SMILES string of the molecule is N#Cc1c(-c2cccnc2)nc2sc(C3CC3)nn12. The second-order valence-electron chi connectivity index (χ2n) is 4.57. The molecule has 1 fully saturated rings. The zero-order valence-corrected chi connectivity index (χ0v) is 10.8. The second kappa shape index (κ2) is 3.87. The molecule has 19 heavy (non-hydrogen) atoms. The molecule has 1 saturated carbocycles. The number of hydrogen-bond donors (Lipinski definition) is 0. The summed E-state index contributed by atoms with van der Waals surface area (Å²) in [6, 6.07) is 5.95. The molecule has 0 radical (unpaired) electrons. The summed E-state index contributed by atoms with van der Waals surface area (Å²) in [5, 5.41) is 15.0. The van der Waals surface area contributed by atoms with Gasteiger partial charge in [-0.3, -0.25) is 4.98 Å². The van der Waals surface area contributed by atoms with Gasteiger partial charge in [-0.05, 0) is 25.0 Å². The van der Waals surface area contributed by atoms with E-state index in [1.165, 1.54) is 12.8 Å². The molecule has 0 saturated heterocycles. The van der Waals surface area contributed by atoms with Crippen LogP contribution in [0, 0.1) is 11.3 Å². The number of nitriles is 1. The molecule has 3 aromatic heterocycles. The van der Waals surface area contributed by atoms with Gasteiger partial charge in [0.1, 0.15) is 16.8 Å². The smallest absolute Gasteiger partial charge is 0.214 e. The molecule has 4 rings (SSSR count). The normalized spacial score (nSPS) is 14.7. The number of rotatable bonds is 2. The lowest BCUT2D eigenvalue weighted by atomic mass is 10.2. The van der Waals surface area contributed by atoms with Crippen LogP contribution in [-0.2, 0) is 0 Å². The molecule has 1 aliphatic rings. The van der Waals surface area contributed by atoms with E-state index in [2.05, 4.69) is 21.1 Å². The molecule has 0 spiro atoms. The van der Waals surface area contributed by atoms with Crippen molar-refractivity contribution in [3.05, 3.63) is 35.2 Å². The Morgan fingerprint density at radius 2 is 2.32 bits per heavy atom. The van der Waals surface area contributed by atoms with Gasteiger partial charge >= 0.3 is 0 Å². The summed E-state index contributed by atoms with van der Waals surface area (Å²) in [5.74, 6) is 0.583. The van der Waals surface area contributed by atoms with Crippen molar-refractivity contribution in [1.29, 1.82) is 5.26 Å². The first-order chi connectivity index (χ1) is 9.36. The molecule has 0 aromatic carbocycles. The van der Waals surface area contributed by atoms with Crippen molar-refractivity contribution in [3.63, 3.8) is 0 Å². The summed E-state index contributed by atoms with van der Waals surface area (Å²) in [6.07, 6.45) is 5.83. The van der Waals surface area contributed by atoms with Gasteiger partial charge < -0.3 is 0 Å². The van der Waals surface area contributed by atoms with Crippen LogP contribution in [0.25, 0.3) is 16.2 Å². The van der Waals surface area contributed by atoms with Crippen LogP contribution >= 0.6 is 11.3 Å². The van der Waals surface area contributed by atoms with E-state index in [0.717, 1.165) is 15.5 Å². The maximum atomic E-state index is 9.36. The molecule has 0 aliphatic heterocycles. The van der Waals surface area contributed by atoms with Crippen LogP contribution in [-0.4, -0.2) is 19.6 Å². The van der Waals surface area contributed by atoms with E-state index >= 15 is 0 Å². The zero-order valence-electron chi connectivity index (χ0n) is 9.95. The second-order valence-corrected chi connectivity index (χ2v) is 5.56. The van der Waals surface area contributed by atoms with Crippen molar-refractivity contribution in [2.75, 3.05) is 0 Å².